The van der Waals surface area contributed by atoms with E-state index in [0.717, 1.165) is 55.3 Å². The van der Waals surface area contributed by atoms with E-state index in [1.54, 1.807) is 0 Å². The predicted octanol–water partition coefficient (Wildman–Crippen LogP) is 5.06. The SMILES string of the molecule is O=C(CSc1nnc(-c2ccc(Cl)cc2)n1C[C@H]1CCCO1)N[C@H]1CCCc2ccccc21. The van der Waals surface area contributed by atoms with Crippen LogP contribution in [0.5, 0.6) is 0 Å². The van der Waals surface area contributed by atoms with E-state index in [9.17, 15) is 4.79 Å². The molecule has 2 aromatic carbocycles. The van der Waals surface area contributed by atoms with Crippen LogP contribution < -0.4 is 5.32 Å². The van der Waals surface area contributed by atoms with E-state index < -0.39 is 0 Å². The first-order valence-electron chi connectivity index (χ1n) is 11.5. The Morgan fingerprint density at radius 3 is 2.79 bits per heavy atom. The van der Waals surface area contributed by atoms with Crippen molar-refractivity contribution in [2.24, 2.45) is 0 Å². The van der Waals surface area contributed by atoms with Gasteiger partial charge in [0.1, 0.15) is 0 Å². The molecule has 1 amide bonds. The number of rotatable bonds is 7. The first kappa shape index (κ1) is 22.4. The van der Waals surface area contributed by atoms with Gasteiger partial charge in [0.15, 0.2) is 11.0 Å². The lowest BCUT2D eigenvalue weighted by Crippen LogP contribution is -2.32. The molecule has 8 heteroatoms. The molecule has 1 aromatic heterocycles. The van der Waals surface area contributed by atoms with E-state index >= 15 is 0 Å². The predicted molar refractivity (Wildman–Crippen MR) is 130 cm³/mol. The third-order valence-electron chi connectivity index (χ3n) is 6.27. The van der Waals surface area contributed by atoms with Gasteiger partial charge in [0.05, 0.1) is 24.4 Å². The number of halogens is 1. The van der Waals surface area contributed by atoms with Crippen LogP contribution in [0.2, 0.25) is 5.02 Å². The van der Waals surface area contributed by atoms with E-state index in [1.807, 2.05) is 30.3 Å². The van der Waals surface area contributed by atoms with Gasteiger partial charge < -0.3 is 10.1 Å². The van der Waals surface area contributed by atoms with Gasteiger partial charge in [-0.15, -0.1) is 10.2 Å². The summed E-state index contributed by atoms with van der Waals surface area (Å²) in [5.74, 6) is 1.08. The standard InChI is InChI=1S/C25H27ClN4O2S/c26-19-12-10-18(11-13-19)24-28-29-25(30(24)15-20-7-4-14-32-20)33-16-23(31)27-22-9-3-6-17-5-1-2-8-21(17)22/h1-2,5,8,10-13,20,22H,3-4,6-7,9,14-16H2,(H,27,31)/t20-,22+/m1/s1. The minimum absolute atomic E-state index is 0.0152. The fourth-order valence-corrected chi connectivity index (χ4v) is 5.52. The summed E-state index contributed by atoms with van der Waals surface area (Å²) in [5, 5.41) is 13.5. The van der Waals surface area contributed by atoms with Gasteiger partial charge in [-0.05, 0) is 67.5 Å². The minimum atomic E-state index is 0.0152. The smallest absolute Gasteiger partial charge is 0.230 e. The number of benzene rings is 2. The van der Waals surface area contributed by atoms with Gasteiger partial charge in [-0.1, -0.05) is 47.6 Å². The van der Waals surface area contributed by atoms with Crippen LogP contribution in [0, 0.1) is 0 Å². The molecule has 1 aliphatic carbocycles. The second kappa shape index (κ2) is 10.3. The molecule has 172 valence electrons. The Bertz CT molecular complexity index is 1110. The molecule has 0 unspecified atom stereocenters. The third-order valence-corrected chi connectivity index (χ3v) is 7.49. The van der Waals surface area contributed by atoms with Crippen molar-refractivity contribution < 1.29 is 9.53 Å². The average Bonchev–Trinajstić information content (AvgIpc) is 3.49. The normalized spacial score (nSPS) is 19.9. The molecule has 1 aliphatic heterocycles. The fraction of sp³-hybridized carbons (Fsp3) is 0.400. The van der Waals surface area contributed by atoms with Crippen molar-refractivity contribution in [2.75, 3.05) is 12.4 Å². The molecule has 0 bridgehead atoms. The zero-order valence-corrected chi connectivity index (χ0v) is 19.9. The molecule has 0 spiro atoms. The monoisotopic (exact) mass is 482 g/mol. The second-order valence-corrected chi connectivity index (χ2v) is 9.94. The average molecular weight is 483 g/mol. The lowest BCUT2D eigenvalue weighted by Gasteiger charge is -2.26. The Balaban J connectivity index is 1.30. The molecule has 1 saturated heterocycles. The molecule has 2 aliphatic rings. The summed E-state index contributed by atoms with van der Waals surface area (Å²) in [5.41, 5.74) is 3.53. The van der Waals surface area contributed by atoms with Crippen molar-refractivity contribution in [3.8, 4) is 11.4 Å². The molecule has 5 rings (SSSR count). The van der Waals surface area contributed by atoms with Gasteiger partial charge in [0, 0.05) is 17.2 Å². The molecular formula is C25H27ClN4O2S. The van der Waals surface area contributed by atoms with Crippen LogP contribution in [0.3, 0.4) is 0 Å². The number of amides is 1. The zero-order chi connectivity index (χ0) is 22.6. The molecule has 0 radical (unpaired) electrons. The lowest BCUT2D eigenvalue weighted by molar-refractivity contribution is -0.119. The number of nitrogens with one attached hydrogen (secondary N) is 1. The van der Waals surface area contributed by atoms with Crippen LogP contribution in [0.15, 0.2) is 53.7 Å². The Morgan fingerprint density at radius 2 is 1.97 bits per heavy atom. The second-order valence-electron chi connectivity index (χ2n) is 8.56. The van der Waals surface area contributed by atoms with E-state index in [2.05, 4.69) is 38.3 Å². The van der Waals surface area contributed by atoms with Crippen molar-refractivity contribution in [3.05, 3.63) is 64.7 Å². The van der Waals surface area contributed by atoms with Gasteiger partial charge in [-0.25, -0.2) is 0 Å². The lowest BCUT2D eigenvalue weighted by atomic mass is 9.88. The van der Waals surface area contributed by atoms with Crippen LogP contribution in [-0.4, -0.2) is 39.1 Å². The summed E-state index contributed by atoms with van der Waals surface area (Å²) in [4.78, 5) is 12.8. The number of nitrogens with zero attached hydrogens (tertiary/aromatic N) is 3. The Labute approximate surface area is 203 Å². The number of carbonyl (C=O) groups excluding carboxylic acids is 1. The molecule has 33 heavy (non-hydrogen) atoms. The van der Waals surface area contributed by atoms with Gasteiger partial charge in [-0.2, -0.15) is 0 Å². The Kier molecular flexibility index (Phi) is 6.99. The number of aromatic nitrogens is 3. The van der Waals surface area contributed by atoms with E-state index in [4.69, 9.17) is 16.3 Å². The molecule has 2 heterocycles. The molecular weight excluding hydrogens is 456 g/mol. The van der Waals surface area contributed by atoms with Crippen LogP contribution in [0.25, 0.3) is 11.4 Å². The van der Waals surface area contributed by atoms with Crippen LogP contribution in [-0.2, 0) is 22.5 Å². The highest BCUT2D eigenvalue weighted by Gasteiger charge is 2.24. The number of fused-ring (bicyclic) bond motifs is 1. The number of carbonyl (C=O) groups is 1. The van der Waals surface area contributed by atoms with Gasteiger partial charge in [-0.3, -0.25) is 9.36 Å². The number of hydrogen-bond acceptors (Lipinski definition) is 5. The van der Waals surface area contributed by atoms with Crippen LogP contribution in [0.1, 0.15) is 42.9 Å². The third kappa shape index (κ3) is 5.26. The quantitative estimate of drug-likeness (QED) is 0.476. The topological polar surface area (TPSA) is 69.0 Å². The number of ether oxygens (including phenoxy) is 1. The maximum Gasteiger partial charge on any atom is 0.230 e. The van der Waals surface area contributed by atoms with Crippen LogP contribution >= 0.6 is 23.4 Å². The van der Waals surface area contributed by atoms with Crippen molar-refractivity contribution >= 4 is 29.3 Å². The Morgan fingerprint density at radius 1 is 1.12 bits per heavy atom. The maximum absolute atomic E-state index is 12.8. The van der Waals surface area contributed by atoms with Crippen LogP contribution in [0.4, 0.5) is 0 Å². The summed E-state index contributed by atoms with van der Waals surface area (Å²) < 4.78 is 7.94. The number of aryl methyl sites for hydroxylation is 1. The van der Waals surface area contributed by atoms with E-state index in [-0.39, 0.29) is 18.1 Å². The molecule has 1 fully saturated rings. The fourth-order valence-electron chi connectivity index (χ4n) is 4.63. The first-order valence-corrected chi connectivity index (χ1v) is 12.8. The molecule has 3 aromatic rings. The molecule has 6 nitrogen and oxygen atoms in total. The number of hydrogen-bond donors (Lipinski definition) is 1. The summed E-state index contributed by atoms with van der Waals surface area (Å²) in [7, 11) is 0. The summed E-state index contributed by atoms with van der Waals surface area (Å²) >= 11 is 7.49. The van der Waals surface area contributed by atoms with Crippen molar-refractivity contribution in [3.63, 3.8) is 0 Å². The van der Waals surface area contributed by atoms with Crippen molar-refractivity contribution in [1.82, 2.24) is 20.1 Å². The maximum atomic E-state index is 12.8. The Hall–Kier alpha value is -2.35. The molecule has 2 atom stereocenters. The van der Waals surface area contributed by atoms with Gasteiger partial charge >= 0.3 is 0 Å². The highest BCUT2D eigenvalue weighted by Crippen LogP contribution is 2.30. The highest BCUT2D eigenvalue weighted by atomic mass is 35.5. The highest BCUT2D eigenvalue weighted by molar-refractivity contribution is 7.99. The van der Waals surface area contributed by atoms with E-state index in [1.165, 1.54) is 22.9 Å². The number of thioether (sulfide) groups is 1. The van der Waals surface area contributed by atoms with Gasteiger partial charge in [0.25, 0.3) is 0 Å². The van der Waals surface area contributed by atoms with Crippen molar-refractivity contribution in [2.45, 2.75) is 56.0 Å². The summed E-state index contributed by atoms with van der Waals surface area (Å²) in [6.07, 6.45) is 5.37. The summed E-state index contributed by atoms with van der Waals surface area (Å²) in [6.45, 7) is 1.46. The first-order chi connectivity index (χ1) is 16.2. The summed E-state index contributed by atoms with van der Waals surface area (Å²) in [6, 6.07) is 16.1. The molecule has 1 N–H and O–H groups in total. The molecule has 0 saturated carbocycles. The largest absolute Gasteiger partial charge is 0.376 e. The van der Waals surface area contributed by atoms with Crippen molar-refractivity contribution in [1.29, 1.82) is 0 Å². The van der Waals surface area contributed by atoms with E-state index in [0.29, 0.717) is 17.3 Å². The zero-order valence-electron chi connectivity index (χ0n) is 18.4. The van der Waals surface area contributed by atoms with Gasteiger partial charge in [0.2, 0.25) is 5.91 Å². The minimum Gasteiger partial charge on any atom is -0.376 e.